The molecule has 0 spiro atoms. The van der Waals surface area contributed by atoms with Crippen LogP contribution in [0.25, 0.3) is 0 Å². The van der Waals surface area contributed by atoms with E-state index in [9.17, 15) is 9.59 Å². The minimum absolute atomic E-state index is 0.0243. The number of amides is 1. The molecule has 1 aromatic rings. The second-order valence-corrected chi connectivity index (χ2v) is 3.24. The van der Waals surface area contributed by atoms with Crippen LogP contribution >= 0.6 is 0 Å². The van der Waals surface area contributed by atoms with Crippen LogP contribution in [-0.2, 0) is 16.0 Å². The summed E-state index contributed by atoms with van der Waals surface area (Å²) in [7, 11) is 0. The molecule has 0 aliphatic carbocycles. The Morgan fingerprint density at radius 1 is 1.53 bits per heavy atom. The molecule has 15 heavy (non-hydrogen) atoms. The van der Waals surface area contributed by atoms with Gasteiger partial charge in [0.25, 0.3) is 5.91 Å². The summed E-state index contributed by atoms with van der Waals surface area (Å²) in [5.41, 5.74) is 1.23. The molecule has 0 atom stereocenters. The van der Waals surface area contributed by atoms with E-state index in [1.165, 1.54) is 0 Å². The van der Waals surface area contributed by atoms with Crippen LogP contribution in [-0.4, -0.2) is 23.6 Å². The number of fused-ring (bicyclic) bond motifs is 1. The van der Waals surface area contributed by atoms with E-state index in [4.69, 9.17) is 9.84 Å². The van der Waals surface area contributed by atoms with Crippen molar-refractivity contribution in [2.45, 2.75) is 6.42 Å². The molecule has 0 fully saturated rings. The quantitative estimate of drug-likeness (QED) is 0.746. The van der Waals surface area contributed by atoms with Gasteiger partial charge in [-0.05, 0) is 17.7 Å². The number of carboxylic acids is 1. The molecule has 0 unspecified atom stereocenters. The van der Waals surface area contributed by atoms with Crippen molar-refractivity contribution in [2.75, 3.05) is 11.9 Å². The van der Waals surface area contributed by atoms with E-state index in [0.717, 1.165) is 0 Å². The molecule has 1 aromatic carbocycles. The first-order valence-electron chi connectivity index (χ1n) is 4.42. The Morgan fingerprint density at radius 3 is 3.07 bits per heavy atom. The first-order valence-corrected chi connectivity index (χ1v) is 4.42. The highest BCUT2D eigenvalue weighted by Crippen LogP contribution is 2.28. The van der Waals surface area contributed by atoms with Gasteiger partial charge in [0.2, 0.25) is 0 Å². The number of carboxylic acid groups (broad SMARTS) is 1. The van der Waals surface area contributed by atoms with Crippen LogP contribution in [0.3, 0.4) is 0 Å². The SMILES string of the molecule is O=C(O)Cc1ccc2c(c1)OCC(=O)N2. The maximum Gasteiger partial charge on any atom is 0.307 e. The van der Waals surface area contributed by atoms with Crippen LogP contribution in [0.1, 0.15) is 5.56 Å². The predicted molar refractivity (Wildman–Crippen MR) is 51.9 cm³/mol. The molecule has 1 amide bonds. The van der Waals surface area contributed by atoms with Crippen molar-refractivity contribution in [2.24, 2.45) is 0 Å². The number of carbonyl (C=O) groups is 2. The minimum Gasteiger partial charge on any atom is -0.482 e. The van der Waals surface area contributed by atoms with Crippen LogP contribution in [0.4, 0.5) is 5.69 Å². The number of hydrogen-bond acceptors (Lipinski definition) is 3. The number of aliphatic carboxylic acids is 1. The summed E-state index contributed by atoms with van der Waals surface area (Å²) in [5.74, 6) is -0.573. The Labute approximate surface area is 85.7 Å². The molecular formula is C10H9NO4. The third-order valence-electron chi connectivity index (χ3n) is 2.03. The lowest BCUT2D eigenvalue weighted by atomic mass is 10.1. The Morgan fingerprint density at radius 2 is 2.33 bits per heavy atom. The van der Waals surface area contributed by atoms with Crippen molar-refractivity contribution >= 4 is 17.6 Å². The maximum absolute atomic E-state index is 11.0. The Hall–Kier alpha value is -2.04. The largest absolute Gasteiger partial charge is 0.482 e. The van der Waals surface area contributed by atoms with E-state index < -0.39 is 5.97 Å². The fourth-order valence-electron chi connectivity index (χ4n) is 1.40. The van der Waals surface area contributed by atoms with Gasteiger partial charge in [-0.25, -0.2) is 0 Å². The van der Waals surface area contributed by atoms with Gasteiger partial charge < -0.3 is 15.2 Å². The number of hydrogen-bond donors (Lipinski definition) is 2. The van der Waals surface area contributed by atoms with Gasteiger partial charge in [-0.2, -0.15) is 0 Å². The van der Waals surface area contributed by atoms with Crippen molar-refractivity contribution < 1.29 is 19.4 Å². The van der Waals surface area contributed by atoms with Crippen LogP contribution in [0, 0.1) is 0 Å². The molecule has 0 saturated heterocycles. The topological polar surface area (TPSA) is 75.6 Å². The monoisotopic (exact) mass is 207 g/mol. The zero-order chi connectivity index (χ0) is 10.8. The van der Waals surface area contributed by atoms with Crippen LogP contribution in [0.5, 0.6) is 5.75 Å². The molecule has 0 saturated carbocycles. The number of carbonyl (C=O) groups excluding carboxylic acids is 1. The van der Waals surface area contributed by atoms with Gasteiger partial charge in [-0.3, -0.25) is 9.59 Å². The van der Waals surface area contributed by atoms with Gasteiger partial charge in [0.1, 0.15) is 5.75 Å². The van der Waals surface area contributed by atoms with Gasteiger partial charge in [0.15, 0.2) is 6.61 Å². The normalized spacial score (nSPS) is 13.7. The fraction of sp³-hybridized carbons (Fsp3) is 0.200. The highest BCUT2D eigenvalue weighted by Gasteiger charge is 2.16. The van der Waals surface area contributed by atoms with E-state index >= 15 is 0 Å². The molecular weight excluding hydrogens is 198 g/mol. The average Bonchev–Trinajstić information content (AvgIpc) is 2.17. The van der Waals surface area contributed by atoms with Crippen molar-refractivity contribution in [1.82, 2.24) is 0 Å². The molecule has 1 aliphatic rings. The molecule has 5 heteroatoms. The summed E-state index contributed by atoms with van der Waals surface area (Å²) in [6.07, 6.45) is -0.0510. The highest BCUT2D eigenvalue weighted by atomic mass is 16.5. The summed E-state index contributed by atoms with van der Waals surface area (Å²) >= 11 is 0. The molecule has 0 radical (unpaired) electrons. The lowest BCUT2D eigenvalue weighted by Crippen LogP contribution is -2.25. The van der Waals surface area contributed by atoms with Gasteiger partial charge >= 0.3 is 5.97 Å². The minimum atomic E-state index is -0.894. The third kappa shape index (κ3) is 2.07. The molecule has 5 nitrogen and oxygen atoms in total. The molecule has 1 heterocycles. The fourth-order valence-corrected chi connectivity index (χ4v) is 1.40. The Bertz CT molecular complexity index is 427. The van der Waals surface area contributed by atoms with Crippen molar-refractivity contribution in [3.63, 3.8) is 0 Å². The van der Waals surface area contributed by atoms with Crippen LogP contribution in [0.15, 0.2) is 18.2 Å². The zero-order valence-electron chi connectivity index (χ0n) is 7.82. The summed E-state index contributed by atoms with van der Waals surface area (Å²) in [5, 5.41) is 11.2. The van der Waals surface area contributed by atoms with Crippen molar-refractivity contribution in [3.05, 3.63) is 23.8 Å². The highest BCUT2D eigenvalue weighted by molar-refractivity contribution is 5.95. The molecule has 2 N–H and O–H groups in total. The molecule has 1 aliphatic heterocycles. The third-order valence-corrected chi connectivity index (χ3v) is 2.03. The Kier molecular flexibility index (Phi) is 2.29. The second-order valence-electron chi connectivity index (χ2n) is 3.24. The van der Waals surface area contributed by atoms with E-state index in [-0.39, 0.29) is 18.9 Å². The van der Waals surface area contributed by atoms with E-state index in [0.29, 0.717) is 17.0 Å². The van der Waals surface area contributed by atoms with Gasteiger partial charge in [0.05, 0.1) is 12.1 Å². The van der Waals surface area contributed by atoms with E-state index in [1.807, 2.05) is 0 Å². The Balaban J connectivity index is 2.26. The van der Waals surface area contributed by atoms with Crippen molar-refractivity contribution in [3.8, 4) is 5.75 Å². The van der Waals surface area contributed by atoms with Gasteiger partial charge in [-0.1, -0.05) is 6.07 Å². The van der Waals surface area contributed by atoms with Crippen LogP contribution in [0.2, 0.25) is 0 Å². The average molecular weight is 207 g/mol. The molecule has 78 valence electrons. The maximum atomic E-state index is 11.0. The lowest BCUT2D eigenvalue weighted by Gasteiger charge is -2.18. The standard InChI is InChI=1S/C10H9NO4/c12-9-5-15-8-3-6(4-10(13)14)1-2-7(8)11-9/h1-3H,4-5H2,(H,11,12)(H,13,14). The number of benzene rings is 1. The first kappa shape index (κ1) is 9.51. The predicted octanol–water partition coefficient (Wildman–Crippen LogP) is 0.645. The summed E-state index contributed by atoms with van der Waals surface area (Å²) < 4.78 is 5.15. The smallest absolute Gasteiger partial charge is 0.307 e. The summed E-state index contributed by atoms with van der Waals surface area (Å²) in [6, 6.07) is 4.93. The molecule has 0 bridgehead atoms. The van der Waals surface area contributed by atoms with Crippen LogP contribution < -0.4 is 10.1 Å². The number of rotatable bonds is 2. The second kappa shape index (κ2) is 3.61. The molecule has 2 rings (SSSR count). The molecule has 0 aromatic heterocycles. The number of ether oxygens (including phenoxy) is 1. The number of anilines is 1. The lowest BCUT2D eigenvalue weighted by molar-refractivity contribution is -0.136. The van der Waals surface area contributed by atoms with Gasteiger partial charge in [-0.15, -0.1) is 0 Å². The summed E-state index contributed by atoms with van der Waals surface area (Å²) in [6.45, 7) is -0.0243. The zero-order valence-corrected chi connectivity index (χ0v) is 7.82. The van der Waals surface area contributed by atoms with Gasteiger partial charge in [0, 0.05) is 0 Å². The van der Waals surface area contributed by atoms with E-state index in [1.54, 1.807) is 18.2 Å². The number of nitrogens with one attached hydrogen (secondary N) is 1. The first-order chi connectivity index (χ1) is 7.15. The summed E-state index contributed by atoms with van der Waals surface area (Å²) in [4.78, 5) is 21.4. The van der Waals surface area contributed by atoms with Crippen molar-refractivity contribution in [1.29, 1.82) is 0 Å². The van der Waals surface area contributed by atoms with E-state index in [2.05, 4.69) is 5.32 Å².